The Morgan fingerprint density at radius 2 is 1.59 bits per heavy atom. The summed E-state index contributed by atoms with van der Waals surface area (Å²) in [5, 5.41) is 25.6. The van der Waals surface area contributed by atoms with Crippen molar-refractivity contribution in [2.45, 2.75) is 24.9 Å². The van der Waals surface area contributed by atoms with Crippen molar-refractivity contribution in [3.05, 3.63) is 59.8 Å². The Balaban J connectivity index is 0.000000402. The lowest BCUT2D eigenvalue weighted by Gasteiger charge is -2.37. The van der Waals surface area contributed by atoms with Gasteiger partial charge in [0.1, 0.15) is 0 Å². The molecular weight excluding hydrogens is 632 g/mol. The van der Waals surface area contributed by atoms with Gasteiger partial charge in [-0.1, -0.05) is 6.07 Å². The van der Waals surface area contributed by atoms with Gasteiger partial charge in [-0.05, 0) is 30.8 Å². The standard InChI is InChI=1S/C19H23N7O3S.2C2HF3O2/c1-24-8-9-25(30(2,28)29)13-16(24)18-23-22-17-6-5-15(12-26(17)18)19(27)21-11-14-4-3-7-20-10-14;2*3-2(4,5)1(6)7/h3-7,10,12,16H,8-9,11,13H2,1-2H3,(H,21,27);2*(H,6,7). The summed E-state index contributed by atoms with van der Waals surface area (Å²) in [5.74, 6) is -5.14. The number of likely N-dealkylation sites (N-methyl/N-ethyl adjacent to an activating group) is 1. The minimum Gasteiger partial charge on any atom is -0.475 e. The third-order valence-electron chi connectivity index (χ3n) is 5.73. The average molecular weight is 658 g/mol. The number of amides is 1. The summed E-state index contributed by atoms with van der Waals surface area (Å²) in [5.41, 5.74) is 1.96. The molecule has 1 unspecified atom stereocenters. The largest absolute Gasteiger partial charge is 0.490 e. The van der Waals surface area contributed by atoms with Crippen LogP contribution in [0, 0.1) is 0 Å². The first-order valence-electron chi connectivity index (χ1n) is 12.0. The van der Waals surface area contributed by atoms with Gasteiger partial charge in [-0.25, -0.2) is 18.0 Å². The molecule has 1 saturated heterocycles. The summed E-state index contributed by atoms with van der Waals surface area (Å²) < 4.78 is 90.7. The molecule has 3 N–H and O–H groups in total. The van der Waals surface area contributed by atoms with Crippen LogP contribution < -0.4 is 5.32 Å². The molecule has 3 aromatic rings. The molecule has 4 heterocycles. The fraction of sp³-hybridized carbons (Fsp3) is 0.391. The number of nitrogens with one attached hydrogen (secondary N) is 1. The molecule has 3 aromatic heterocycles. The Morgan fingerprint density at radius 3 is 2.09 bits per heavy atom. The van der Waals surface area contributed by atoms with Crippen LogP contribution >= 0.6 is 0 Å². The first-order chi connectivity index (χ1) is 20.2. The number of carbonyl (C=O) groups is 3. The van der Waals surface area contributed by atoms with Gasteiger partial charge in [0.25, 0.3) is 5.91 Å². The molecule has 242 valence electrons. The smallest absolute Gasteiger partial charge is 0.475 e. The van der Waals surface area contributed by atoms with E-state index < -0.39 is 34.3 Å². The van der Waals surface area contributed by atoms with Crippen LogP contribution in [-0.2, 0) is 26.2 Å². The Bertz CT molecular complexity index is 1540. The van der Waals surface area contributed by atoms with E-state index in [0.717, 1.165) is 5.56 Å². The maximum Gasteiger partial charge on any atom is 0.490 e. The number of piperazine rings is 1. The second kappa shape index (κ2) is 14.4. The van der Waals surface area contributed by atoms with Crippen molar-refractivity contribution in [3.8, 4) is 0 Å². The average Bonchev–Trinajstić information content (AvgIpc) is 3.34. The molecule has 4 rings (SSSR count). The number of aliphatic carboxylic acids is 2. The van der Waals surface area contributed by atoms with Crippen molar-refractivity contribution < 1.29 is 59.4 Å². The van der Waals surface area contributed by atoms with E-state index in [9.17, 15) is 39.6 Å². The zero-order chi connectivity index (χ0) is 33.5. The molecule has 1 aliphatic rings. The molecule has 1 atom stereocenters. The first-order valence-corrected chi connectivity index (χ1v) is 13.8. The van der Waals surface area contributed by atoms with Crippen LogP contribution in [0.1, 0.15) is 27.8 Å². The van der Waals surface area contributed by atoms with Crippen molar-refractivity contribution >= 4 is 33.5 Å². The molecule has 0 aromatic carbocycles. The van der Waals surface area contributed by atoms with Crippen molar-refractivity contribution in [1.82, 2.24) is 34.1 Å². The van der Waals surface area contributed by atoms with Crippen LogP contribution in [0.15, 0.2) is 42.9 Å². The number of sulfonamides is 1. The van der Waals surface area contributed by atoms with E-state index in [0.29, 0.717) is 36.7 Å². The lowest BCUT2D eigenvalue weighted by atomic mass is 10.2. The van der Waals surface area contributed by atoms with Gasteiger partial charge >= 0.3 is 24.3 Å². The van der Waals surface area contributed by atoms with Gasteiger partial charge in [0.05, 0.1) is 17.9 Å². The summed E-state index contributed by atoms with van der Waals surface area (Å²) in [4.78, 5) is 36.5. The van der Waals surface area contributed by atoms with Gasteiger partial charge in [0.15, 0.2) is 11.5 Å². The zero-order valence-corrected chi connectivity index (χ0v) is 23.6. The highest BCUT2D eigenvalue weighted by Crippen LogP contribution is 2.25. The van der Waals surface area contributed by atoms with Gasteiger partial charge < -0.3 is 15.5 Å². The Morgan fingerprint density at radius 1 is 1.00 bits per heavy atom. The second-order valence-electron chi connectivity index (χ2n) is 8.97. The lowest BCUT2D eigenvalue weighted by molar-refractivity contribution is -0.193. The van der Waals surface area contributed by atoms with E-state index in [1.54, 1.807) is 35.1 Å². The quantitative estimate of drug-likeness (QED) is 0.338. The van der Waals surface area contributed by atoms with Crippen LogP contribution in [0.5, 0.6) is 0 Å². The third-order valence-corrected chi connectivity index (χ3v) is 7.00. The van der Waals surface area contributed by atoms with Crippen LogP contribution in [0.25, 0.3) is 5.65 Å². The molecule has 0 saturated carbocycles. The Labute approximate surface area is 245 Å². The number of carbonyl (C=O) groups excluding carboxylic acids is 1. The monoisotopic (exact) mass is 657 g/mol. The second-order valence-corrected chi connectivity index (χ2v) is 11.0. The summed E-state index contributed by atoms with van der Waals surface area (Å²) in [7, 11) is -1.38. The molecule has 0 radical (unpaired) electrons. The SMILES string of the molecule is CN1CCN(S(C)(=O)=O)CC1c1nnc2ccc(C(=O)NCc3cccnc3)cn12.O=C(O)C(F)(F)F.O=C(O)C(F)(F)F. The minimum absolute atomic E-state index is 0.227. The number of rotatable bonds is 5. The summed E-state index contributed by atoms with van der Waals surface area (Å²) >= 11 is 0. The first kappa shape index (κ1) is 35.8. The molecule has 0 aliphatic carbocycles. The summed E-state index contributed by atoms with van der Waals surface area (Å²) in [6.07, 6.45) is -3.88. The molecule has 0 bridgehead atoms. The fourth-order valence-electron chi connectivity index (χ4n) is 3.49. The number of alkyl halides is 6. The van der Waals surface area contributed by atoms with E-state index in [-0.39, 0.29) is 18.5 Å². The molecule has 14 nitrogen and oxygen atoms in total. The number of hydrogen-bond donors (Lipinski definition) is 3. The van der Waals surface area contributed by atoms with Gasteiger partial charge in [-0.15, -0.1) is 10.2 Å². The number of aromatic nitrogens is 4. The Hall–Kier alpha value is -4.37. The van der Waals surface area contributed by atoms with E-state index >= 15 is 0 Å². The highest BCUT2D eigenvalue weighted by Gasteiger charge is 2.39. The van der Waals surface area contributed by atoms with Crippen molar-refractivity contribution in [1.29, 1.82) is 0 Å². The van der Waals surface area contributed by atoms with Crippen molar-refractivity contribution in [2.24, 2.45) is 0 Å². The van der Waals surface area contributed by atoms with Gasteiger partial charge in [-0.2, -0.15) is 30.6 Å². The van der Waals surface area contributed by atoms with Gasteiger partial charge in [0.2, 0.25) is 10.0 Å². The third kappa shape index (κ3) is 10.4. The number of hydrogen-bond acceptors (Lipinski definition) is 9. The maximum absolute atomic E-state index is 12.6. The van der Waals surface area contributed by atoms with Gasteiger partial charge in [-0.3, -0.25) is 19.1 Å². The number of carboxylic acids is 2. The molecule has 1 fully saturated rings. The van der Waals surface area contributed by atoms with E-state index in [1.165, 1.54) is 10.6 Å². The molecule has 0 spiro atoms. The zero-order valence-electron chi connectivity index (χ0n) is 22.7. The van der Waals surface area contributed by atoms with Crippen LogP contribution in [0.2, 0.25) is 0 Å². The number of pyridine rings is 2. The van der Waals surface area contributed by atoms with E-state index in [1.807, 2.05) is 24.1 Å². The topological polar surface area (TPSA) is 187 Å². The highest BCUT2D eigenvalue weighted by atomic mass is 32.2. The van der Waals surface area contributed by atoms with Crippen LogP contribution in [-0.4, -0.2) is 111 Å². The van der Waals surface area contributed by atoms with E-state index in [4.69, 9.17) is 19.8 Å². The number of carboxylic acid groups (broad SMARTS) is 2. The number of halogens is 6. The highest BCUT2D eigenvalue weighted by molar-refractivity contribution is 7.88. The Kier molecular flexibility index (Phi) is 11.7. The molecule has 21 heteroatoms. The number of fused-ring (bicyclic) bond motifs is 1. The minimum atomic E-state index is -5.08. The molecular formula is C23H25F6N7O7S. The van der Waals surface area contributed by atoms with E-state index in [2.05, 4.69) is 20.5 Å². The molecule has 1 aliphatic heterocycles. The summed E-state index contributed by atoms with van der Waals surface area (Å²) in [6.45, 7) is 1.67. The molecule has 44 heavy (non-hydrogen) atoms. The number of nitrogens with zero attached hydrogens (tertiary/aromatic N) is 6. The predicted molar refractivity (Wildman–Crippen MR) is 138 cm³/mol. The van der Waals surface area contributed by atoms with Crippen LogP contribution in [0.4, 0.5) is 26.3 Å². The van der Waals surface area contributed by atoms with Gasteiger partial charge in [0, 0.05) is 44.8 Å². The molecule has 1 amide bonds. The maximum atomic E-state index is 12.6. The predicted octanol–water partition coefficient (Wildman–Crippen LogP) is 1.57. The lowest BCUT2D eigenvalue weighted by Crippen LogP contribution is -2.49. The normalized spacial score (nSPS) is 16.2. The van der Waals surface area contributed by atoms with Crippen LogP contribution in [0.3, 0.4) is 0 Å². The summed E-state index contributed by atoms with van der Waals surface area (Å²) in [6, 6.07) is 6.86. The fourth-order valence-corrected chi connectivity index (χ4v) is 4.31. The van der Waals surface area contributed by atoms with Crippen molar-refractivity contribution in [3.63, 3.8) is 0 Å². The van der Waals surface area contributed by atoms with Crippen molar-refractivity contribution in [2.75, 3.05) is 32.9 Å².